The zero-order valence-corrected chi connectivity index (χ0v) is 58.4. The number of ether oxygens (including phenoxy) is 12. The molecule has 4 aliphatic carbocycles. The van der Waals surface area contributed by atoms with Gasteiger partial charge in [0.05, 0.1) is 54.9 Å². The van der Waals surface area contributed by atoms with E-state index in [1.165, 1.54) is 34.6 Å². The Morgan fingerprint density at radius 2 is 1.02 bits per heavy atom. The van der Waals surface area contributed by atoms with Crippen molar-refractivity contribution in [2.45, 2.75) is 323 Å². The predicted octanol–water partition coefficient (Wildman–Crippen LogP) is -6.14. The summed E-state index contributed by atoms with van der Waals surface area (Å²) in [5, 5.41) is 159. The van der Waals surface area contributed by atoms with E-state index >= 15 is 0 Å². The van der Waals surface area contributed by atoms with Gasteiger partial charge in [-0.05, 0) is 127 Å². The molecule has 6 saturated heterocycles. The third kappa shape index (κ3) is 15.9. The molecule has 31 nitrogen and oxygen atoms in total. The van der Waals surface area contributed by atoms with E-state index in [0.717, 1.165) is 5.57 Å². The maximum atomic E-state index is 13.3. The molecule has 38 atom stereocenters. The molecule has 10 rings (SSSR count). The maximum Gasteiger partial charge on any atom is 1.00 e. The number of allylic oxidation sites excluding steroid dienone is 2. The Morgan fingerprint density at radius 1 is 0.568 bits per heavy atom. The summed E-state index contributed by atoms with van der Waals surface area (Å²) in [7, 11) is -5.15. The van der Waals surface area contributed by atoms with Crippen molar-refractivity contribution in [2.75, 3.05) is 6.61 Å². The van der Waals surface area contributed by atoms with Gasteiger partial charge < -0.3 is 133 Å². The van der Waals surface area contributed by atoms with Gasteiger partial charge in [0.1, 0.15) is 116 Å². The van der Waals surface area contributed by atoms with E-state index in [9.17, 15) is 89.3 Å². The van der Waals surface area contributed by atoms with Crippen molar-refractivity contribution >= 4 is 16.2 Å². The van der Waals surface area contributed by atoms with Gasteiger partial charge in [-0.2, -0.15) is 0 Å². The number of aliphatic hydroxyl groups is 14. The summed E-state index contributed by atoms with van der Waals surface area (Å²) < 4.78 is 115. The smallest absolute Gasteiger partial charge is 0.726 e. The van der Waals surface area contributed by atoms with Crippen LogP contribution in [0.25, 0.3) is 0 Å². The molecule has 0 amide bonds. The van der Waals surface area contributed by atoms with Crippen LogP contribution in [0.2, 0.25) is 0 Å². The number of carbonyl (C=O) groups excluding carboxylic acids is 1. The Labute approximate surface area is 574 Å². The SMILES string of the molecule is CC(C)CC(=O)C[C@@](C)(O)[C@H]1CC[C@H]2[C@@H]3C[C@H](OC4O[C@H](C)[C@@H](O)[C@H](OC5OC[C@@H](OC6O[C@H](C)[C@@H](O)[C@H](O)[C@H]6OC6O[C@H](C)[C@H](O)[C@H](OC7O[C@H](C)[C@H](O)[C@H](O)[C@H]7O)[C@H]6O)[C@H](O)[C@H]5OC5O[C@H](C)[C@@H](O)[C@H](O)[C@H]5O)[C@H]4O)[C@H]4C[C@@H](OS(=O)(=O)[O-])CC[C@]4(C)C3=CC[C@@]21C.[Na+]. The van der Waals surface area contributed by atoms with Crippen LogP contribution in [-0.2, 0) is 76.2 Å². The molecule has 542 valence electrons. The molecule has 0 aromatic carbocycles. The van der Waals surface area contributed by atoms with Crippen molar-refractivity contribution in [1.29, 1.82) is 0 Å². The number of fused-ring (bicyclic) bond motifs is 5. The molecule has 3 saturated carbocycles. The Bertz CT molecular complexity index is 2720. The number of ketones is 1. The minimum atomic E-state index is -5.15. The Hall–Kier alpha value is -0.760. The van der Waals surface area contributed by atoms with Crippen molar-refractivity contribution in [3.05, 3.63) is 11.6 Å². The fourth-order valence-corrected chi connectivity index (χ4v) is 17.6. The minimum Gasteiger partial charge on any atom is -0.726 e. The number of rotatable bonds is 19. The number of aliphatic hydroxyl groups excluding tert-OH is 13. The van der Waals surface area contributed by atoms with Crippen LogP contribution in [0.4, 0.5) is 0 Å². The average Bonchev–Trinajstić information content (AvgIpc) is 1.68. The van der Waals surface area contributed by atoms with Crippen molar-refractivity contribution in [1.82, 2.24) is 0 Å². The molecule has 33 heteroatoms. The van der Waals surface area contributed by atoms with Crippen LogP contribution in [-0.4, -0.2) is 293 Å². The zero-order chi connectivity index (χ0) is 68.9. The molecule has 14 N–H and O–H groups in total. The standard InChI is InChI=1S/C62H102O31S.Na/c1-22(2)17-28(63)20-62(10,77)36-12-11-31-30-19-34(33-18-29(93-94(78,79)80)13-15-60(33,8)32(30)14-16-61(31,36)9)87-56-48(75)51(41(68)26(6)84-56)90-58-52(91-55-47(74)44(71)38(65)24(4)83-55)42(69)35(21-81-58)88-59-53(45(72)39(66)25(5)86-59)92-57-49(76)50(40(67)27(7)85-57)89-54-46(73)43(70)37(64)23(3)82-54;/h14,22-27,29-31,33-59,64-77H,11-13,15-21H2,1-10H3,(H,78,79,80);/q;+1/p-1/t23-,24-,25-,26-,27-,29+,30+,31+,33-,34+,35-,36+,37+,38-,39-,40+,41-,42+,43+,44+,45+,46-,47-,48-,49-,50+,51+,52-,53-,54?,55?,56?,57?,58?,59?,60-,61+,62-;/m1./s1. The van der Waals surface area contributed by atoms with E-state index < -0.39 is 230 Å². The van der Waals surface area contributed by atoms with Crippen LogP contribution in [0.3, 0.4) is 0 Å². The quantitative estimate of drug-likeness (QED) is 0.0248. The average molecular weight is 1400 g/mol. The largest absolute Gasteiger partial charge is 1.00 e. The molecule has 0 aromatic heterocycles. The van der Waals surface area contributed by atoms with E-state index in [2.05, 4.69) is 19.9 Å². The van der Waals surface area contributed by atoms with Gasteiger partial charge >= 0.3 is 29.6 Å². The van der Waals surface area contributed by atoms with E-state index in [4.69, 9.17) is 61.0 Å². The number of hydrogen-bond donors (Lipinski definition) is 14. The summed E-state index contributed by atoms with van der Waals surface area (Å²) in [6.45, 7) is 16.2. The van der Waals surface area contributed by atoms with Gasteiger partial charge in [-0.1, -0.05) is 39.3 Å². The first-order valence-electron chi connectivity index (χ1n) is 33.1. The van der Waals surface area contributed by atoms with Gasteiger partial charge in [0.15, 0.2) is 37.7 Å². The maximum absolute atomic E-state index is 13.3. The number of Topliss-reactive ketones (excluding diaryl/α,β-unsaturated/α-hetero) is 1. The molecule has 10 aliphatic rings. The zero-order valence-electron chi connectivity index (χ0n) is 55.5. The predicted molar refractivity (Wildman–Crippen MR) is 314 cm³/mol. The van der Waals surface area contributed by atoms with Gasteiger partial charge in [-0.3, -0.25) is 8.98 Å². The molecule has 6 unspecified atom stereocenters. The monoisotopic (exact) mass is 1400 g/mol. The van der Waals surface area contributed by atoms with Gasteiger partial charge in [0, 0.05) is 12.8 Å². The van der Waals surface area contributed by atoms with Crippen LogP contribution in [0.15, 0.2) is 11.6 Å². The molecule has 6 heterocycles. The normalized spacial score (nSPS) is 51.9. The molecule has 0 bridgehead atoms. The molecular formula is C62H101NaO31S. The molecule has 0 radical (unpaired) electrons. The van der Waals surface area contributed by atoms with Crippen LogP contribution in [0.5, 0.6) is 0 Å². The first-order valence-corrected chi connectivity index (χ1v) is 34.4. The van der Waals surface area contributed by atoms with Crippen molar-refractivity contribution in [3.63, 3.8) is 0 Å². The van der Waals surface area contributed by atoms with E-state index in [0.29, 0.717) is 38.5 Å². The first-order chi connectivity index (χ1) is 43.8. The summed E-state index contributed by atoms with van der Waals surface area (Å²) >= 11 is 0. The second kappa shape index (κ2) is 30.5. The third-order valence-corrected chi connectivity index (χ3v) is 22.8. The van der Waals surface area contributed by atoms with Gasteiger partial charge in [-0.15, -0.1) is 0 Å². The van der Waals surface area contributed by atoms with E-state index in [1.54, 1.807) is 6.92 Å². The third-order valence-electron chi connectivity index (χ3n) is 22.3. The Morgan fingerprint density at radius 3 is 1.55 bits per heavy atom. The molecule has 95 heavy (non-hydrogen) atoms. The van der Waals surface area contributed by atoms with Crippen molar-refractivity contribution < 1.29 is 180 Å². The summed E-state index contributed by atoms with van der Waals surface area (Å²) in [4.78, 5) is 13.3. The summed E-state index contributed by atoms with van der Waals surface area (Å²) in [6.07, 6.45) is -45.2. The molecule has 0 spiro atoms. The summed E-state index contributed by atoms with van der Waals surface area (Å²) in [5.74, 6) is -0.919. The fraction of sp³-hybridized carbons (Fsp3) is 0.952. The Balaban J connectivity index is 0.0000106. The topological polar surface area (TPSA) is 477 Å². The molecular weight excluding hydrogens is 1300 g/mol. The second-order valence-electron chi connectivity index (χ2n) is 29.4. The van der Waals surface area contributed by atoms with Gasteiger partial charge in [0.2, 0.25) is 10.4 Å². The van der Waals surface area contributed by atoms with Crippen LogP contribution in [0, 0.1) is 40.4 Å². The molecule has 6 aliphatic heterocycles. The Kier molecular flexibility index (Phi) is 25.2. The van der Waals surface area contributed by atoms with Gasteiger partial charge in [-0.25, -0.2) is 8.42 Å². The van der Waals surface area contributed by atoms with Crippen molar-refractivity contribution in [3.8, 4) is 0 Å². The fourth-order valence-electron chi connectivity index (χ4n) is 17.1. The van der Waals surface area contributed by atoms with Crippen LogP contribution in [0.1, 0.15) is 127 Å². The van der Waals surface area contributed by atoms with E-state index in [-0.39, 0.29) is 78.3 Å². The minimum absolute atomic E-state index is 0. The van der Waals surface area contributed by atoms with Gasteiger partial charge in [0.25, 0.3) is 0 Å². The molecule has 9 fully saturated rings. The second-order valence-corrected chi connectivity index (χ2v) is 30.4. The van der Waals surface area contributed by atoms with Crippen molar-refractivity contribution in [2.24, 2.45) is 40.4 Å². The number of hydrogen-bond acceptors (Lipinski definition) is 31. The number of carbonyl (C=O) groups is 1. The van der Waals surface area contributed by atoms with Crippen LogP contribution < -0.4 is 29.6 Å². The van der Waals surface area contributed by atoms with Crippen LogP contribution >= 0.6 is 0 Å². The summed E-state index contributed by atoms with van der Waals surface area (Å²) in [6, 6.07) is 0. The first kappa shape index (κ1) is 78.4. The van der Waals surface area contributed by atoms with E-state index in [1.807, 2.05) is 13.8 Å². The summed E-state index contributed by atoms with van der Waals surface area (Å²) in [5.41, 5.74) is -1.35. The molecule has 0 aromatic rings.